The van der Waals surface area contributed by atoms with Crippen molar-refractivity contribution in [2.75, 3.05) is 7.11 Å². The molecule has 1 aliphatic rings. The highest BCUT2D eigenvalue weighted by molar-refractivity contribution is 5.81. The Hall–Kier alpha value is -3.52. The summed E-state index contributed by atoms with van der Waals surface area (Å²) in [6.07, 6.45) is 5.46. The van der Waals surface area contributed by atoms with Gasteiger partial charge in [-0.1, -0.05) is 50.1 Å². The van der Waals surface area contributed by atoms with Crippen LogP contribution < -0.4 is 10.3 Å². The number of aromatic nitrogens is 5. The van der Waals surface area contributed by atoms with Gasteiger partial charge in [0.25, 0.3) is 5.56 Å². The number of nitrogens with one attached hydrogen (secondary N) is 1. The van der Waals surface area contributed by atoms with Gasteiger partial charge in [0.15, 0.2) is 5.82 Å². The molecule has 0 bridgehead atoms. The average Bonchev–Trinajstić information content (AvgIpc) is 3.58. The second-order valence-electron chi connectivity index (χ2n) is 9.76. The van der Waals surface area contributed by atoms with Crippen LogP contribution in [0.1, 0.15) is 73.6 Å². The molecule has 2 aromatic carbocycles. The molecule has 8 heteroatoms. The molecule has 2 heterocycles. The van der Waals surface area contributed by atoms with Gasteiger partial charge in [-0.3, -0.25) is 9.69 Å². The third-order valence-corrected chi connectivity index (χ3v) is 7.40. The quantitative estimate of drug-likeness (QED) is 0.354. The minimum atomic E-state index is -0.0539. The average molecular weight is 487 g/mol. The fourth-order valence-electron chi connectivity index (χ4n) is 5.44. The summed E-state index contributed by atoms with van der Waals surface area (Å²) in [4.78, 5) is 18.6. The Kier molecular flexibility index (Phi) is 7.13. The number of hydrogen-bond acceptors (Lipinski definition) is 6. The van der Waals surface area contributed by atoms with Crippen LogP contribution in [0.25, 0.3) is 10.9 Å². The standard InChI is InChI=1S/C28H34N6O2/c1-4-25(27-30-31-32-34(27)23-10-5-6-11-23)33(17-20-12-14-24(36-3)15-13-20)18-22-16-21-9-7-8-19(2)26(21)29-28(22)35/h7-9,12-16,23,25H,4-6,10-11,17-18H2,1-3H3,(H,29,35)/t25-/m0/s1. The van der Waals surface area contributed by atoms with E-state index in [9.17, 15) is 4.79 Å². The van der Waals surface area contributed by atoms with E-state index in [0.29, 0.717) is 19.1 Å². The smallest absolute Gasteiger partial charge is 0.252 e. The topological polar surface area (TPSA) is 88.9 Å². The van der Waals surface area contributed by atoms with E-state index in [0.717, 1.165) is 58.4 Å². The van der Waals surface area contributed by atoms with Crippen molar-refractivity contribution < 1.29 is 4.74 Å². The highest BCUT2D eigenvalue weighted by Gasteiger charge is 2.29. The number of H-pyrrole nitrogens is 1. The van der Waals surface area contributed by atoms with Crippen LogP contribution in [0.2, 0.25) is 0 Å². The van der Waals surface area contributed by atoms with E-state index < -0.39 is 0 Å². The van der Waals surface area contributed by atoms with Crippen LogP contribution in [0.5, 0.6) is 5.75 Å². The number of rotatable bonds is 9. The minimum Gasteiger partial charge on any atom is -0.497 e. The molecule has 0 aliphatic heterocycles. The van der Waals surface area contributed by atoms with Crippen LogP contribution in [0.3, 0.4) is 0 Å². The maximum atomic E-state index is 13.2. The van der Waals surface area contributed by atoms with E-state index in [2.05, 4.69) is 44.5 Å². The van der Waals surface area contributed by atoms with E-state index in [4.69, 9.17) is 4.74 Å². The Labute approximate surface area is 211 Å². The maximum Gasteiger partial charge on any atom is 0.252 e. The SMILES string of the molecule is CC[C@@H](c1nnnn1C1CCCC1)N(Cc1ccc(OC)cc1)Cc1cc2cccc(C)c2[nH]c1=O. The van der Waals surface area contributed by atoms with Gasteiger partial charge in [-0.2, -0.15) is 0 Å². The second kappa shape index (κ2) is 10.6. The number of hydrogen-bond donors (Lipinski definition) is 1. The lowest BCUT2D eigenvalue weighted by molar-refractivity contribution is 0.158. The zero-order valence-corrected chi connectivity index (χ0v) is 21.3. The van der Waals surface area contributed by atoms with Crippen molar-refractivity contribution >= 4 is 10.9 Å². The van der Waals surface area contributed by atoms with Gasteiger partial charge in [-0.05, 0) is 71.3 Å². The maximum absolute atomic E-state index is 13.2. The summed E-state index contributed by atoms with van der Waals surface area (Å²) in [6.45, 7) is 5.32. The lowest BCUT2D eigenvalue weighted by atomic mass is 10.1. The van der Waals surface area contributed by atoms with Crippen LogP contribution in [0.4, 0.5) is 0 Å². The first-order valence-electron chi connectivity index (χ1n) is 12.8. The monoisotopic (exact) mass is 486 g/mol. The molecule has 0 amide bonds. The Bertz CT molecular complexity index is 1370. The highest BCUT2D eigenvalue weighted by atomic mass is 16.5. The first kappa shape index (κ1) is 24.2. The van der Waals surface area contributed by atoms with Gasteiger partial charge in [0.1, 0.15) is 5.75 Å². The number of methoxy groups -OCH3 is 1. The van der Waals surface area contributed by atoms with E-state index in [-0.39, 0.29) is 11.6 Å². The Morgan fingerprint density at radius 2 is 1.92 bits per heavy atom. The lowest BCUT2D eigenvalue weighted by Crippen LogP contribution is -2.32. The van der Waals surface area contributed by atoms with Gasteiger partial charge >= 0.3 is 0 Å². The van der Waals surface area contributed by atoms with E-state index in [1.165, 1.54) is 12.8 Å². The van der Waals surface area contributed by atoms with Crippen molar-refractivity contribution in [2.24, 2.45) is 0 Å². The molecule has 1 saturated carbocycles. The molecule has 8 nitrogen and oxygen atoms in total. The van der Waals surface area contributed by atoms with Crippen molar-refractivity contribution in [3.05, 3.63) is 81.4 Å². The summed E-state index contributed by atoms with van der Waals surface area (Å²) in [6, 6.07) is 16.5. The molecule has 36 heavy (non-hydrogen) atoms. The molecule has 4 aromatic rings. The predicted molar refractivity (Wildman–Crippen MR) is 140 cm³/mol. The first-order valence-corrected chi connectivity index (χ1v) is 12.8. The van der Waals surface area contributed by atoms with Gasteiger partial charge in [-0.25, -0.2) is 4.68 Å². The minimum absolute atomic E-state index is 0.0321. The van der Waals surface area contributed by atoms with Gasteiger partial charge in [0.2, 0.25) is 0 Å². The summed E-state index contributed by atoms with van der Waals surface area (Å²) in [5.41, 5.74) is 3.78. The van der Waals surface area contributed by atoms with Crippen molar-refractivity contribution in [3.63, 3.8) is 0 Å². The summed E-state index contributed by atoms with van der Waals surface area (Å²) in [7, 11) is 1.67. The lowest BCUT2D eigenvalue weighted by Gasteiger charge is -2.31. The Morgan fingerprint density at radius 1 is 1.14 bits per heavy atom. The molecular weight excluding hydrogens is 452 g/mol. The van der Waals surface area contributed by atoms with Crippen molar-refractivity contribution in [3.8, 4) is 5.75 Å². The number of benzene rings is 2. The zero-order valence-electron chi connectivity index (χ0n) is 21.3. The second-order valence-corrected chi connectivity index (χ2v) is 9.76. The zero-order chi connectivity index (χ0) is 25.1. The van der Waals surface area contributed by atoms with Gasteiger partial charge < -0.3 is 9.72 Å². The number of nitrogens with zero attached hydrogens (tertiary/aromatic N) is 5. The molecule has 0 radical (unpaired) electrons. The van der Waals surface area contributed by atoms with Crippen molar-refractivity contribution in [1.29, 1.82) is 0 Å². The predicted octanol–water partition coefficient (Wildman–Crippen LogP) is 5.10. The number of aryl methyl sites for hydroxylation is 1. The van der Waals surface area contributed by atoms with Gasteiger partial charge in [0.05, 0.1) is 24.7 Å². The molecule has 1 atom stereocenters. The molecule has 188 valence electrons. The molecule has 2 aromatic heterocycles. The molecule has 0 spiro atoms. The fraction of sp³-hybridized carbons (Fsp3) is 0.429. The molecule has 5 rings (SSSR count). The molecule has 1 fully saturated rings. The van der Waals surface area contributed by atoms with Crippen LogP contribution in [-0.2, 0) is 13.1 Å². The molecular formula is C28H34N6O2. The van der Waals surface area contributed by atoms with E-state index in [1.54, 1.807) is 7.11 Å². The van der Waals surface area contributed by atoms with E-state index >= 15 is 0 Å². The number of fused-ring (bicyclic) bond motifs is 1. The molecule has 1 N–H and O–H groups in total. The first-order chi connectivity index (χ1) is 17.6. The third kappa shape index (κ3) is 4.91. The molecule has 1 aliphatic carbocycles. The largest absolute Gasteiger partial charge is 0.497 e. The van der Waals surface area contributed by atoms with Crippen LogP contribution >= 0.6 is 0 Å². The fourth-order valence-corrected chi connectivity index (χ4v) is 5.44. The van der Waals surface area contributed by atoms with Crippen molar-refractivity contribution in [2.45, 2.75) is 71.1 Å². The molecule has 0 unspecified atom stereocenters. The van der Waals surface area contributed by atoms with Gasteiger partial charge in [0, 0.05) is 18.7 Å². The number of tetrazole rings is 1. The number of aromatic amines is 1. The number of pyridine rings is 1. The van der Waals surface area contributed by atoms with Crippen LogP contribution in [-0.4, -0.2) is 37.2 Å². The number of para-hydroxylation sites is 1. The van der Waals surface area contributed by atoms with Crippen LogP contribution in [0.15, 0.2) is 53.3 Å². The van der Waals surface area contributed by atoms with E-state index in [1.807, 2.05) is 48.0 Å². The Morgan fingerprint density at radius 3 is 2.64 bits per heavy atom. The van der Waals surface area contributed by atoms with Crippen LogP contribution in [0, 0.1) is 6.92 Å². The number of ether oxygens (including phenoxy) is 1. The van der Waals surface area contributed by atoms with Crippen molar-refractivity contribution in [1.82, 2.24) is 30.1 Å². The third-order valence-electron chi connectivity index (χ3n) is 7.40. The normalized spacial score (nSPS) is 15.1. The summed E-state index contributed by atoms with van der Waals surface area (Å²) >= 11 is 0. The summed E-state index contributed by atoms with van der Waals surface area (Å²) in [5.74, 6) is 1.70. The highest BCUT2D eigenvalue weighted by Crippen LogP contribution is 2.33. The Balaban J connectivity index is 1.53. The van der Waals surface area contributed by atoms with Gasteiger partial charge in [-0.15, -0.1) is 5.10 Å². The summed E-state index contributed by atoms with van der Waals surface area (Å²) < 4.78 is 7.39. The summed E-state index contributed by atoms with van der Waals surface area (Å²) in [5, 5.41) is 14.0. The molecule has 0 saturated heterocycles.